The molecule has 0 amide bonds. The molecule has 1 heterocycles. The maximum absolute atomic E-state index is 6.19. The summed E-state index contributed by atoms with van der Waals surface area (Å²) >= 11 is 0. The fourth-order valence-corrected chi connectivity index (χ4v) is 3.35. The van der Waals surface area contributed by atoms with Crippen molar-refractivity contribution in [2.45, 2.75) is 84.3 Å². The van der Waals surface area contributed by atoms with Crippen LogP contribution in [-0.2, 0) is 9.47 Å². The second-order valence-corrected chi connectivity index (χ2v) is 7.05. The van der Waals surface area contributed by atoms with E-state index in [9.17, 15) is 0 Å². The molecule has 3 nitrogen and oxygen atoms in total. The van der Waals surface area contributed by atoms with Crippen molar-refractivity contribution in [2.75, 3.05) is 13.7 Å². The van der Waals surface area contributed by atoms with Gasteiger partial charge in [0.2, 0.25) is 0 Å². The average molecular weight is 257 g/mol. The van der Waals surface area contributed by atoms with Crippen LogP contribution in [0.3, 0.4) is 0 Å². The minimum atomic E-state index is -0.442. The van der Waals surface area contributed by atoms with E-state index >= 15 is 0 Å². The number of ether oxygens (including phenoxy) is 2. The van der Waals surface area contributed by atoms with Crippen molar-refractivity contribution in [3.05, 3.63) is 0 Å². The van der Waals surface area contributed by atoms with Gasteiger partial charge >= 0.3 is 0 Å². The standard InChI is InChI=1S/C15H31NO2/c1-9-17-15(18-12(2)3)10-13(4,5)16(8)14(6,7)11-15/h12H,9-11H2,1-8H3. The van der Waals surface area contributed by atoms with Crippen molar-refractivity contribution in [2.24, 2.45) is 0 Å². The zero-order valence-corrected chi connectivity index (χ0v) is 13.5. The van der Waals surface area contributed by atoms with Gasteiger partial charge < -0.3 is 9.47 Å². The van der Waals surface area contributed by atoms with Gasteiger partial charge in [0.25, 0.3) is 0 Å². The normalized spacial score (nSPS) is 26.5. The van der Waals surface area contributed by atoms with E-state index in [1.807, 2.05) is 6.92 Å². The molecule has 3 heteroatoms. The lowest BCUT2D eigenvalue weighted by Crippen LogP contribution is -2.65. The fraction of sp³-hybridized carbons (Fsp3) is 1.00. The van der Waals surface area contributed by atoms with E-state index in [-0.39, 0.29) is 17.2 Å². The van der Waals surface area contributed by atoms with Gasteiger partial charge in [-0.2, -0.15) is 0 Å². The SMILES string of the molecule is CCOC1(OC(C)C)CC(C)(C)N(C)C(C)(C)C1. The molecule has 0 unspecified atom stereocenters. The molecule has 0 aliphatic carbocycles. The number of hydrogen-bond acceptors (Lipinski definition) is 3. The third-order valence-corrected chi connectivity index (χ3v) is 4.08. The van der Waals surface area contributed by atoms with E-state index in [1.165, 1.54) is 0 Å². The van der Waals surface area contributed by atoms with Crippen LogP contribution in [0.5, 0.6) is 0 Å². The summed E-state index contributed by atoms with van der Waals surface area (Å²) in [4.78, 5) is 2.45. The van der Waals surface area contributed by atoms with Crippen LogP contribution < -0.4 is 0 Å². The Morgan fingerprint density at radius 2 is 1.50 bits per heavy atom. The maximum Gasteiger partial charge on any atom is 0.172 e. The molecule has 1 saturated heterocycles. The van der Waals surface area contributed by atoms with Gasteiger partial charge in [-0.3, -0.25) is 4.90 Å². The predicted molar refractivity (Wildman–Crippen MR) is 75.7 cm³/mol. The van der Waals surface area contributed by atoms with Gasteiger partial charge in [-0.15, -0.1) is 0 Å². The minimum absolute atomic E-state index is 0.0752. The summed E-state index contributed by atoms with van der Waals surface area (Å²) in [6.07, 6.45) is 2.00. The lowest BCUT2D eigenvalue weighted by Gasteiger charge is -2.57. The zero-order chi connectivity index (χ0) is 14.2. The van der Waals surface area contributed by atoms with Crippen LogP contribution in [0.1, 0.15) is 61.3 Å². The van der Waals surface area contributed by atoms with Gasteiger partial charge in [0.05, 0.1) is 6.10 Å². The molecule has 1 aliphatic rings. The van der Waals surface area contributed by atoms with Crippen LogP contribution >= 0.6 is 0 Å². The Kier molecular flexibility index (Phi) is 4.52. The second kappa shape index (κ2) is 5.10. The van der Waals surface area contributed by atoms with Crippen LogP contribution in [0.25, 0.3) is 0 Å². The highest BCUT2D eigenvalue weighted by Gasteiger charge is 2.52. The van der Waals surface area contributed by atoms with Crippen LogP contribution in [0.4, 0.5) is 0 Å². The lowest BCUT2D eigenvalue weighted by molar-refractivity contribution is -0.301. The number of likely N-dealkylation sites (tertiary alicyclic amines) is 1. The van der Waals surface area contributed by atoms with E-state index < -0.39 is 5.79 Å². The summed E-state index contributed by atoms with van der Waals surface area (Å²) in [6, 6.07) is 0. The number of rotatable bonds is 4. The van der Waals surface area contributed by atoms with Crippen molar-refractivity contribution in [3.63, 3.8) is 0 Å². The number of piperidine rings is 1. The first-order valence-electron chi connectivity index (χ1n) is 7.10. The monoisotopic (exact) mass is 257 g/mol. The van der Waals surface area contributed by atoms with Crippen molar-refractivity contribution < 1.29 is 9.47 Å². The largest absolute Gasteiger partial charge is 0.350 e. The molecule has 0 saturated carbocycles. The van der Waals surface area contributed by atoms with E-state index in [2.05, 4.69) is 53.5 Å². The molecule has 0 atom stereocenters. The molecular weight excluding hydrogens is 226 g/mol. The highest BCUT2D eigenvalue weighted by molar-refractivity contribution is 5.02. The van der Waals surface area contributed by atoms with Crippen molar-refractivity contribution in [1.82, 2.24) is 4.90 Å². The van der Waals surface area contributed by atoms with Gasteiger partial charge in [-0.1, -0.05) is 0 Å². The van der Waals surface area contributed by atoms with Gasteiger partial charge in [0.15, 0.2) is 5.79 Å². The summed E-state index contributed by atoms with van der Waals surface area (Å²) in [6.45, 7) is 16.0. The second-order valence-electron chi connectivity index (χ2n) is 7.05. The van der Waals surface area contributed by atoms with Crippen molar-refractivity contribution in [3.8, 4) is 0 Å². The first-order chi connectivity index (χ1) is 8.05. The molecule has 18 heavy (non-hydrogen) atoms. The molecule has 0 aromatic rings. The molecule has 1 rings (SSSR count). The third kappa shape index (κ3) is 3.25. The first kappa shape index (κ1) is 15.9. The Morgan fingerprint density at radius 1 is 1.06 bits per heavy atom. The molecule has 0 aromatic heterocycles. The van der Waals surface area contributed by atoms with Gasteiger partial charge in [-0.05, 0) is 55.5 Å². The molecular formula is C15H31NO2. The highest BCUT2D eigenvalue weighted by atomic mass is 16.7. The quantitative estimate of drug-likeness (QED) is 0.720. The third-order valence-electron chi connectivity index (χ3n) is 4.08. The van der Waals surface area contributed by atoms with Gasteiger partial charge in [0.1, 0.15) is 0 Å². The minimum Gasteiger partial charge on any atom is -0.350 e. The summed E-state index contributed by atoms with van der Waals surface area (Å²) < 4.78 is 12.2. The maximum atomic E-state index is 6.19. The molecule has 0 radical (unpaired) electrons. The molecule has 0 aromatic carbocycles. The average Bonchev–Trinajstić information content (AvgIpc) is 2.11. The predicted octanol–water partition coefficient (Wildman–Crippen LogP) is 3.43. The Labute approximate surface area is 113 Å². The van der Waals surface area contributed by atoms with Crippen LogP contribution in [0.2, 0.25) is 0 Å². The van der Waals surface area contributed by atoms with Crippen LogP contribution in [-0.4, -0.2) is 41.5 Å². The molecule has 1 fully saturated rings. The molecule has 0 spiro atoms. The Bertz CT molecular complexity index is 266. The fourth-order valence-electron chi connectivity index (χ4n) is 3.35. The Morgan fingerprint density at radius 3 is 1.83 bits per heavy atom. The van der Waals surface area contributed by atoms with E-state index in [0.29, 0.717) is 6.61 Å². The summed E-state index contributed by atoms with van der Waals surface area (Å²) in [5.41, 5.74) is 0.150. The van der Waals surface area contributed by atoms with Crippen LogP contribution in [0, 0.1) is 0 Å². The van der Waals surface area contributed by atoms with E-state index in [0.717, 1.165) is 12.8 Å². The van der Waals surface area contributed by atoms with Gasteiger partial charge in [0, 0.05) is 30.5 Å². The lowest BCUT2D eigenvalue weighted by atomic mass is 9.76. The Balaban J connectivity index is 3.05. The van der Waals surface area contributed by atoms with E-state index in [1.54, 1.807) is 0 Å². The summed E-state index contributed by atoms with van der Waals surface area (Å²) in [5.74, 6) is -0.442. The van der Waals surface area contributed by atoms with Crippen molar-refractivity contribution in [1.29, 1.82) is 0 Å². The van der Waals surface area contributed by atoms with Gasteiger partial charge in [-0.25, -0.2) is 0 Å². The molecule has 0 N–H and O–H groups in total. The van der Waals surface area contributed by atoms with Crippen LogP contribution in [0.15, 0.2) is 0 Å². The Hall–Kier alpha value is -0.120. The molecule has 108 valence electrons. The first-order valence-corrected chi connectivity index (χ1v) is 7.10. The molecule has 0 bridgehead atoms. The smallest absolute Gasteiger partial charge is 0.172 e. The van der Waals surface area contributed by atoms with Crippen molar-refractivity contribution >= 4 is 0 Å². The zero-order valence-electron chi connectivity index (χ0n) is 13.5. The summed E-state index contributed by atoms with van der Waals surface area (Å²) in [5, 5.41) is 0. The number of hydrogen-bond donors (Lipinski definition) is 0. The van der Waals surface area contributed by atoms with E-state index in [4.69, 9.17) is 9.47 Å². The topological polar surface area (TPSA) is 21.7 Å². The summed E-state index contributed by atoms with van der Waals surface area (Å²) in [7, 11) is 2.20. The highest BCUT2D eigenvalue weighted by Crippen LogP contribution is 2.45. The number of nitrogens with zero attached hydrogens (tertiary/aromatic N) is 1. The molecule has 1 aliphatic heterocycles.